The number of nitrogens with two attached hydrogens (primary N) is 1. The van der Waals surface area contributed by atoms with Crippen molar-refractivity contribution in [2.24, 2.45) is 5.73 Å². The van der Waals surface area contributed by atoms with Gasteiger partial charge < -0.3 is 30.5 Å². The van der Waals surface area contributed by atoms with Crippen LogP contribution >= 0.6 is 0 Å². The molecule has 44 heavy (non-hydrogen) atoms. The molecule has 0 fully saturated rings. The normalized spacial score (nSPS) is 11.2. The fourth-order valence-corrected chi connectivity index (χ4v) is 5.38. The molecule has 0 spiro atoms. The van der Waals surface area contributed by atoms with E-state index >= 15 is 0 Å². The first-order chi connectivity index (χ1) is 21.1. The molecule has 0 radical (unpaired) electrons. The Morgan fingerprint density at radius 3 is 2.14 bits per heavy atom. The lowest BCUT2D eigenvalue weighted by Gasteiger charge is -2.24. The van der Waals surface area contributed by atoms with Crippen LogP contribution in [0.2, 0.25) is 0 Å². The molecule has 0 aliphatic carbocycles. The van der Waals surface area contributed by atoms with Gasteiger partial charge in [-0.2, -0.15) is 0 Å². The predicted octanol–water partition coefficient (Wildman–Crippen LogP) is 4.66. The first kappa shape index (κ1) is 29.8. The molecular formula is C30H27FN6O6S. The van der Waals surface area contributed by atoms with E-state index < -0.39 is 34.0 Å². The van der Waals surface area contributed by atoms with Crippen molar-refractivity contribution in [3.63, 3.8) is 0 Å². The number of halogens is 1. The van der Waals surface area contributed by atoms with Gasteiger partial charge in [0.25, 0.3) is 10.0 Å². The van der Waals surface area contributed by atoms with Gasteiger partial charge in [-0.25, -0.2) is 22.8 Å². The number of amides is 1. The summed E-state index contributed by atoms with van der Waals surface area (Å²) in [5, 5.41) is 12.7. The molecule has 1 amide bonds. The van der Waals surface area contributed by atoms with Crippen LogP contribution in [0.5, 0.6) is 17.2 Å². The van der Waals surface area contributed by atoms with Crippen LogP contribution in [0, 0.1) is 5.82 Å². The van der Waals surface area contributed by atoms with E-state index in [2.05, 4.69) is 20.0 Å². The number of para-hydroxylation sites is 2. The van der Waals surface area contributed by atoms with E-state index in [1.54, 1.807) is 42.5 Å². The Bertz CT molecular complexity index is 1950. The summed E-state index contributed by atoms with van der Waals surface area (Å²) >= 11 is 0. The zero-order valence-electron chi connectivity index (χ0n) is 23.5. The number of sulfonamides is 1. The highest BCUT2D eigenvalue weighted by molar-refractivity contribution is 7.92. The molecule has 1 aromatic heterocycles. The molecule has 0 bridgehead atoms. The van der Waals surface area contributed by atoms with Crippen LogP contribution in [-0.4, -0.2) is 50.2 Å². The minimum absolute atomic E-state index is 0.0921. The third kappa shape index (κ3) is 6.55. The molecule has 14 heteroatoms. The number of rotatable bonds is 11. The standard InChI is InChI=1S/C30H27FN6O6S/c1-42-21-12-18(13-22(16-21)43-2)33-29-30(35-26-9-4-3-8-25(26)34-29)36-44(40,41)23-7-5-6-19(14-23)37(17-28(32)39)20-10-11-27(38)24(31)15-20/h3-16,38H,17H2,1-2H3,(H2,32,39)(H,33,34)(H,35,36). The summed E-state index contributed by atoms with van der Waals surface area (Å²) in [6, 6.07) is 21.1. The summed E-state index contributed by atoms with van der Waals surface area (Å²) in [5.74, 6) is -1.25. The highest BCUT2D eigenvalue weighted by Crippen LogP contribution is 2.33. The molecule has 0 saturated heterocycles. The second-order valence-corrected chi connectivity index (χ2v) is 11.1. The van der Waals surface area contributed by atoms with Gasteiger partial charge in [0.1, 0.15) is 18.0 Å². The molecule has 5 rings (SSSR count). The largest absolute Gasteiger partial charge is 0.505 e. The fourth-order valence-electron chi connectivity index (χ4n) is 4.33. The molecule has 0 aliphatic heterocycles. The van der Waals surface area contributed by atoms with Gasteiger partial charge in [-0.15, -0.1) is 0 Å². The molecule has 5 N–H and O–H groups in total. The van der Waals surface area contributed by atoms with Crippen LogP contribution in [0.4, 0.5) is 33.1 Å². The molecule has 0 atom stereocenters. The molecule has 12 nitrogen and oxygen atoms in total. The lowest BCUT2D eigenvalue weighted by Crippen LogP contribution is -2.30. The van der Waals surface area contributed by atoms with Crippen molar-refractivity contribution in [1.29, 1.82) is 0 Å². The van der Waals surface area contributed by atoms with Gasteiger partial charge in [-0.1, -0.05) is 18.2 Å². The van der Waals surface area contributed by atoms with E-state index in [1.807, 2.05) is 0 Å². The number of aromatic nitrogens is 2. The Morgan fingerprint density at radius 2 is 1.52 bits per heavy atom. The topological polar surface area (TPSA) is 169 Å². The Labute approximate surface area is 251 Å². The average Bonchev–Trinajstić information content (AvgIpc) is 3.01. The smallest absolute Gasteiger partial charge is 0.263 e. The lowest BCUT2D eigenvalue weighted by molar-refractivity contribution is -0.116. The summed E-state index contributed by atoms with van der Waals surface area (Å²) in [7, 11) is -1.29. The Kier molecular flexibility index (Phi) is 8.35. The maximum Gasteiger partial charge on any atom is 0.263 e. The maximum absolute atomic E-state index is 14.2. The number of hydrogen-bond donors (Lipinski definition) is 4. The van der Waals surface area contributed by atoms with Crippen molar-refractivity contribution in [3.8, 4) is 17.2 Å². The SMILES string of the molecule is COc1cc(Nc2nc3ccccc3nc2NS(=O)(=O)c2cccc(N(CC(N)=O)c3ccc(O)c(F)c3)c2)cc(OC)c1. The number of phenolic OH excluding ortho intramolecular Hbond substituents is 1. The number of carbonyl (C=O) groups is 1. The van der Waals surface area contributed by atoms with Crippen LogP contribution in [0.3, 0.4) is 0 Å². The van der Waals surface area contributed by atoms with Gasteiger partial charge in [0.2, 0.25) is 5.91 Å². The molecule has 1 heterocycles. The number of methoxy groups -OCH3 is 2. The molecular weight excluding hydrogens is 591 g/mol. The Hall–Kier alpha value is -5.63. The van der Waals surface area contributed by atoms with Gasteiger partial charge in [0.05, 0.1) is 30.1 Å². The van der Waals surface area contributed by atoms with Crippen molar-refractivity contribution in [2.45, 2.75) is 4.90 Å². The first-order valence-electron chi connectivity index (χ1n) is 13.0. The van der Waals surface area contributed by atoms with Crippen molar-refractivity contribution < 1.29 is 32.2 Å². The summed E-state index contributed by atoms with van der Waals surface area (Å²) in [4.78, 5) is 22.1. The van der Waals surface area contributed by atoms with Gasteiger partial charge in [-0.05, 0) is 42.5 Å². The number of aromatic hydroxyl groups is 1. The van der Waals surface area contributed by atoms with Crippen LogP contribution in [0.1, 0.15) is 0 Å². The van der Waals surface area contributed by atoms with Crippen molar-refractivity contribution in [3.05, 3.63) is 90.7 Å². The molecule has 0 saturated carbocycles. The van der Waals surface area contributed by atoms with E-state index in [-0.39, 0.29) is 27.9 Å². The van der Waals surface area contributed by atoms with Crippen LogP contribution in [0.25, 0.3) is 11.0 Å². The highest BCUT2D eigenvalue weighted by atomic mass is 32.2. The summed E-state index contributed by atoms with van der Waals surface area (Å²) in [5.41, 5.74) is 7.27. The Balaban J connectivity index is 1.54. The number of anilines is 5. The number of benzene rings is 4. The molecule has 5 aromatic rings. The van der Waals surface area contributed by atoms with Crippen LogP contribution < -0.4 is 30.1 Å². The minimum Gasteiger partial charge on any atom is -0.505 e. The zero-order valence-corrected chi connectivity index (χ0v) is 24.3. The minimum atomic E-state index is -4.30. The predicted molar refractivity (Wildman–Crippen MR) is 164 cm³/mol. The monoisotopic (exact) mass is 618 g/mol. The summed E-state index contributed by atoms with van der Waals surface area (Å²) < 4.78 is 54.8. The first-order valence-corrected chi connectivity index (χ1v) is 14.5. The average molecular weight is 619 g/mol. The number of nitrogens with zero attached hydrogens (tertiary/aromatic N) is 3. The van der Waals surface area contributed by atoms with Gasteiger partial charge in [-0.3, -0.25) is 9.52 Å². The van der Waals surface area contributed by atoms with E-state index in [0.29, 0.717) is 28.2 Å². The number of phenols is 1. The van der Waals surface area contributed by atoms with E-state index in [0.717, 1.165) is 12.1 Å². The number of hydrogen-bond acceptors (Lipinski definition) is 10. The number of nitrogens with one attached hydrogen (secondary N) is 2. The second-order valence-electron chi connectivity index (χ2n) is 9.43. The number of primary amides is 1. The number of fused-ring (bicyclic) bond motifs is 1. The Morgan fingerprint density at radius 1 is 0.886 bits per heavy atom. The summed E-state index contributed by atoms with van der Waals surface area (Å²) in [6.07, 6.45) is 0. The quantitative estimate of drug-likeness (QED) is 0.163. The highest BCUT2D eigenvalue weighted by Gasteiger charge is 2.22. The third-order valence-electron chi connectivity index (χ3n) is 6.41. The summed E-state index contributed by atoms with van der Waals surface area (Å²) in [6.45, 7) is -0.393. The molecule has 226 valence electrons. The lowest BCUT2D eigenvalue weighted by atomic mass is 10.2. The van der Waals surface area contributed by atoms with Crippen LogP contribution in [-0.2, 0) is 14.8 Å². The van der Waals surface area contributed by atoms with Crippen molar-refractivity contribution >= 4 is 55.7 Å². The van der Waals surface area contributed by atoms with E-state index in [4.69, 9.17) is 15.2 Å². The zero-order chi connectivity index (χ0) is 31.4. The number of ether oxygens (including phenoxy) is 2. The van der Waals surface area contributed by atoms with Gasteiger partial charge in [0, 0.05) is 41.3 Å². The van der Waals surface area contributed by atoms with E-state index in [1.165, 1.54) is 49.5 Å². The van der Waals surface area contributed by atoms with Crippen molar-refractivity contribution in [1.82, 2.24) is 9.97 Å². The third-order valence-corrected chi connectivity index (χ3v) is 7.75. The fraction of sp³-hybridized carbons (Fsp3) is 0.100. The van der Waals surface area contributed by atoms with E-state index in [9.17, 15) is 22.7 Å². The number of carbonyl (C=O) groups excluding carboxylic acids is 1. The van der Waals surface area contributed by atoms with Gasteiger partial charge >= 0.3 is 0 Å². The molecule has 0 unspecified atom stereocenters. The molecule has 4 aromatic carbocycles. The van der Waals surface area contributed by atoms with Crippen LogP contribution in [0.15, 0.2) is 89.8 Å². The molecule has 0 aliphatic rings. The van der Waals surface area contributed by atoms with Crippen molar-refractivity contribution in [2.75, 3.05) is 35.7 Å². The van der Waals surface area contributed by atoms with Gasteiger partial charge in [0.15, 0.2) is 23.2 Å². The second kappa shape index (κ2) is 12.3. The maximum atomic E-state index is 14.2.